The van der Waals surface area contributed by atoms with Crippen molar-refractivity contribution in [2.45, 2.75) is 283 Å². The fourth-order valence-corrected chi connectivity index (χ4v) is 9.33. The Balaban J connectivity index is 4.04. The summed E-state index contributed by atoms with van der Waals surface area (Å²) in [6.07, 6.45) is 74.3. The third-order valence-electron chi connectivity index (χ3n) is 13.4. The van der Waals surface area contributed by atoms with Crippen LogP contribution in [0.1, 0.15) is 271 Å². The van der Waals surface area contributed by atoms with Gasteiger partial charge in [-0.1, -0.05) is 254 Å². The van der Waals surface area contributed by atoms with E-state index >= 15 is 0 Å². The van der Waals surface area contributed by atoms with Crippen molar-refractivity contribution in [2.75, 3.05) is 40.9 Å². The van der Waals surface area contributed by atoms with E-state index in [4.69, 9.17) is 9.05 Å². The Morgan fingerprint density at radius 2 is 0.819 bits per heavy atom. The number of hydrogen-bond donors (Lipinski definition) is 2. The number of quaternary nitrogens is 1. The first-order chi connectivity index (χ1) is 35.0. The molecule has 2 N–H and O–H groups in total. The van der Waals surface area contributed by atoms with Crippen molar-refractivity contribution in [2.24, 2.45) is 0 Å². The predicted molar refractivity (Wildman–Crippen MR) is 311 cm³/mol. The second-order valence-electron chi connectivity index (χ2n) is 21.7. The third kappa shape index (κ3) is 55.7. The van der Waals surface area contributed by atoms with Crippen molar-refractivity contribution in [1.29, 1.82) is 0 Å². The maximum absolute atomic E-state index is 13.0. The molecule has 3 unspecified atom stereocenters. The van der Waals surface area contributed by atoms with Gasteiger partial charge < -0.3 is 28.8 Å². The zero-order chi connectivity index (χ0) is 52.7. The number of amides is 1. The summed E-state index contributed by atoms with van der Waals surface area (Å²) < 4.78 is 23.3. The number of phosphoric acid groups is 1. The molecule has 0 aliphatic carbocycles. The summed E-state index contributed by atoms with van der Waals surface area (Å²) in [5, 5.41) is 13.8. The highest BCUT2D eigenvalue weighted by Crippen LogP contribution is 2.38. The first-order valence-corrected chi connectivity index (χ1v) is 31.8. The molecule has 0 aliphatic heterocycles. The summed E-state index contributed by atoms with van der Waals surface area (Å²) in [7, 11) is 1.24. The van der Waals surface area contributed by atoms with E-state index < -0.39 is 26.6 Å². The number of aliphatic hydroxyl groups excluding tert-OH is 1. The molecule has 0 aromatic carbocycles. The molecule has 0 aliphatic rings. The monoisotopic (exact) mass is 1030 g/mol. The molecule has 0 aromatic heterocycles. The van der Waals surface area contributed by atoms with E-state index in [0.717, 1.165) is 57.8 Å². The Morgan fingerprint density at radius 3 is 1.22 bits per heavy atom. The van der Waals surface area contributed by atoms with Crippen molar-refractivity contribution >= 4 is 13.7 Å². The van der Waals surface area contributed by atoms with Crippen LogP contribution in [0, 0.1) is 0 Å². The zero-order valence-corrected chi connectivity index (χ0v) is 48.8. The Morgan fingerprint density at radius 1 is 0.486 bits per heavy atom. The van der Waals surface area contributed by atoms with Gasteiger partial charge in [0.05, 0.1) is 39.9 Å². The van der Waals surface area contributed by atoms with Crippen molar-refractivity contribution < 1.29 is 32.9 Å². The summed E-state index contributed by atoms with van der Waals surface area (Å²) >= 11 is 0. The van der Waals surface area contributed by atoms with Gasteiger partial charge in [0, 0.05) is 6.42 Å². The van der Waals surface area contributed by atoms with E-state index in [0.29, 0.717) is 17.4 Å². The molecular formula is C63H117N2O6P. The quantitative estimate of drug-likeness (QED) is 0.0272. The normalized spacial score (nSPS) is 14.4. The van der Waals surface area contributed by atoms with E-state index in [2.05, 4.69) is 79.9 Å². The SMILES string of the molecule is CCCCCCC/C=C\C/C=C\C/C=C\CCCCCCCCCCCCCCCCCCCCCCC(=O)NC(COP(=O)([O-])OCC[N+](C)(C)C)C(O)/C=C/CC/C=C/CC/C=C/CCCCCCC. The first kappa shape index (κ1) is 69.9. The highest BCUT2D eigenvalue weighted by molar-refractivity contribution is 7.45. The van der Waals surface area contributed by atoms with Crippen molar-refractivity contribution in [3.8, 4) is 0 Å². The van der Waals surface area contributed by atoms with Gasteiger partial charge in [0.25, 0.3) is 7.82 Å². The van der Waals surface area contributed by atoms with Crippen molar-refractivity contribution in [3.05, 3.63) is 72.9 Å². The number of carbonyl (C=O) groups excluding carboxylic acids is 1. The summed E-state index contributed by atoms with van der Waals surface area (Å²) in [6.45, 7) is 4.60. The molecule has 0 saturated carbocycles. The second kappa shape index (κ2) is 53.8. The van der Waals surface area contributed by atoms with Gasteiger partial charge in [-0.15, -0.1) is 0 Å². The molecule has 3 atom stereocenters. The molecule has 0 fully saturated rings. The van der Waals surface area contributed by atoms with Gasteiger partial charge in [-0.05, 0) is 83.5 Å². The van der Waals surface area contributed by atoms with Crippen LogP contribution in [0.25, 0.3) is 0 Å². The zero-order valence-electron chi connectivity index (χ0n) is 47.9. The molecule has 8 nitrogen and oxygen atoms in total. The first-order valence-electron chi connectivity index (χ1n) is 30.3. The Bertz CT molecular complexity index is 1400. The topological polar surface area (TPSA) is 108 Å². The molecule has 0 spiro atoms. The molecule has 0 rings (SSSR count). The number of allylic oxidation sites excluding steroid dienone is 11. The highest BCUT2D eigenvalue weighted by Gasteiger charge is 2.23. The molecule has 72 heavy (non-hydrogen) atoms. The van der Waals surface area contributed by atoms with E-state index in [1.807, 2.05) is 27.2 Å². The average Bonchev–Trinajstić information content (AvgIpc) is 3.34. The lowest BCUT2D eigenvalue weighted by atomic mass is 10.0. The Hall–Kier alpha value is -2.06. The number of phosphoric ester groups is 1. The van der Waals surface area contributed by atoms with Crippen molar-refractivity contribution in [3.63, 3.8) is 0 Å². The van der Waals surface area contributed by atoms with Crippen LogP contribution in [-0.4, -0.2) is 68.5 Å². The van der Waals surface area contributed by atoms with Gasteiger partial charge in [-0.25, -0.2) is 0 Å². The minimum atomic E-state index is -4.61. The van der Waals surface area contributed by atoms with E-state index in [1.54, 1.807) is 6.08 Å². The fourth-order valence-electron chi connectivity index (χ4n) is 8.60. The van der Waals surface area contributed by atoms with Gasteiger partial charge >= 0.3 is 0 Å². The fraction of sp³-hybridized carbons (Fsp3) is 0.794. The summed E-state index contributed by atoms with van der Waals surface area (Å²) in [4.78, 5) is 25.5. The number of likely N-dealkylation sites (N-methyl/N-ethyl adjacent to an activating group) is 1. The number of nitrogens with one attached hydrogen (secondary N) is 1. The molecule has 0 bridgehead atoms. The summed E-state index contributed by atoms with van der Waals surface area (Å²) in [5.41, 5.74) is 0. The molecular weight excluding hydrogens is 912 g/mol. The molecule has 420 valence electrons. The lowest BCUT2D eigenvalue weighted by Gasteiger charge is -2.29. The van der Waals surface area contributed by atoms with Gasteiger partial charge in [-0.3, -0.25) is 9.36 Å². The van der Waals surface area contributed by atoms with Crippen LogP contribution in [0.4, 0.5) is 0 Å². The standard InChI is InChI=1S/C63H117N2O6P/c1-6-8-10-12-14-16-18-20-22-23-24-25-26-27-28-29-30-31-32-33-34-35-36-37-38-39-40-41-43-45-47-49-51-53-55-57-63(67)64-61(60-71-72(68,69)70-59-58-65(3,4)5)62(66)56-54-52-50-48-46-44-42-21-19-17-15-13-11-9-7-2/h18-21,23-24,26-27,46,48,54,56,61-62,66H,6-17,22,25,28-45,47,49-53,55,57-60H2,1-5H3,(H-,64,67,68,69)/b20-18-,21-19+,24-23-,27-26-,48-46+,56-54+. The number of aliphatic hydroxyl groups is 1. The molecule has 0 radical (unpaired) electrons. The minimum absolute atomic E-state index is 0.0101. The van der Waals surface area contributed by atoms with Crippen LogP contribution in [0.5, 0.6) is 0 Å². The van der Waals surface area contributed by atoms with Crippen LogP contribution in [0.2, 0.25) is 0 Å². The van der Waals surface area contributed by atoms with Crippen LogP contribution in [0.3, 0.4) is 0 Å². The van der Waals surface area contributed by atoms with Crippen LogP contribution in [-0.2, 0) is 18.4 Å². The van der Waals surface area contributed by atoms with Crippen LogP contribution in [0.15, 0.2) is 72.9 Å². The smallest absolute Gasteiger partial charge is 0.268 e. The number of nitrogens with zero attached hydrogens (tertiary/aromatic N) is 1. The van der Waals surface area contributed by atoms with Crippen LogP contribution >= 0.6 is 7.82 Å². The maximum atomic E-state index is 13.0. The molecule has 0 aromatic rings. The highest BCUT2D eigenvalue weighted by atomic mass is 31.2. The lowest BCUT2D eigenvalue weighted by molar-refractivity contribution is -0.870. The maximum Gasteiger partial charge on any atom is 0.268 e. The van der Waals surface area contributed by atoms with Gasteiger partial charge in [0.1, 0.15) is 13.2 Å². The van der Waals surface area contributed by atoms with E-state index in [1.165, 1.54) is 193 Å². The van der Waals surface area contributed by atoms with Gasteiger partial charge in [-0.2, -0.15) is 0 Å². The molecule has 1 amide bonds. The second-order valence-corrected chi connectivity index (χ2v) is 23.1. The molecule has 0 saturated heterocycles. The predicted octanol–water partition coefficient (Wildman–Crippen LogP) is 18.0. The average molecular weight is 1030 g/mol. The Labute approximate surface area is 446 Å². The largest absolute Gasteiger partial charge is 0.756 e. The molecule has 9 heteroatoms. The number of hydrogen-bond acceptors (Lipinski definition) is 6. The number of carbonyl (C=O) groups is 1. The Kier molecular flexibility index (Phi) is 52.2. The summed E-state index contributed by atoms with van der Waals surface area (Å²) in [5.74, 6) is -0.210. The molecule has 0 heterocycles. The van der Waals surface area contributed by atoms with Crippen molar-refractivity contribution in [1.82, 2.24) is 5.32 Å². The third-order valence-corrected chi connectivity index (χ3v) is 14.3. The van der Waals surface area contributed by atoms with E-state index in [9.17, 15) is 19.4 Å². The van der Waals surface area contributed by atoms with Crippen LogP contribution < -0.4 is 10.2 Å². The minimum Gasteiger partial charge on any atom is -0.756 e. The van der Waals surface area contributed by atoms with Gasteiger partial charge in [0.15, 0.2) is 0 Å². The summed E-state index contributed by atoms with van der Waals surface area (Å²) in [6, 6.07) is -0.911. The van der Waals surface area contributed by atoms with Gasteiger partial charge in [0.2, 0.25) is 5.91 Å². The number of unbranched alkanes of at least 4 members (excludes halogenated alkanes) is 32. The lowest BCUT2D eigenvalue weighted by Crippen LogP contribution is -2.45. The van der Waals surface area contributed by atoms with E-state index in [-0.39, 0.29) is 12.5 Å². The number of rotatable bonds is 55.